The van der Waals surface area contributed by atoms with Crippen molar-refractivity contribution in [2.24, 2.45) is 0 Å². The van der Waals surface area contributed by atoms with Crippen LogP contribution in [0.1, 0.15) is 0 Å². The number of rotatable bonds is 0. The quantitative estimate of drug-likeness (QED) is 0.595. The molecule has 0 radical (unpaired) electrons. The molecule has 2 heteroatoms. The molecule has 0 saturated carbocycles. The molecule has 0 nitrogen and oxygen atoms in total. The summed E-state index contributed by atoms with van der Waals surface area (Å²) in [7, 11) is 0. The van der Waals surface area contributed by atoms with Crippen molar-refractivity contribution in [3.63, 3.8) is 0 Å². The fraction of sp³-hybridized carbons (Fsp3) is 0. The first-order chi connectivity index (χ1) is 5.75. The summed E-state index contributed by atoms with van der Waals surface area (Å²) >= 11 is 11.7. The van der Waals surface area contributed by atoms with Gasteiger partial charge in [0.1, 0.15) is 0 Å². The van der Waals surface area contributed by atoms with Gasteiger partial charge in [-0.1, -0.05) is 35.3 Å². The molecule has 12 heavy (non-hydrogen) atoms. The van der Waals surface area contributed by atoms with Gasteiger partial charge < -0.3 is 0 Å². The van der Waals surface area contributed by atoms with Gasteiger partial charge in [-0.15, -0.1) is 0 Å². The van der Waals surface area contributed by atoms with Crippen molar-refractivity contribution in [2.75, 3.05) is 0 Å². The molecule has 2 aromatic carbocycles. The Morgan fingerprint density at radius 2 is 1.08 bits per heavy atom. The van der Waals surface area contributed by atoms with Gasteiger partial charge in [-0.25, -0.2) is 0 Å². The molecule has 0 unspecified atom stereocenters. The van der Waals surface area contributed by atoms with Crippen molar-refractivity contribution in [2.45, 2.75) is 0 Å². The van der Waals surface area contributed by atoms with E-state index in [2.05, 4.69) is 0 Å². The second-order valence-corrected chi connectivity index (χ2v) is 3.51. The highest BCUT2D eigenvalue weighted by atomic mass is 35.5. The van der Waals surface area contributed by atoms with E-state index in [1.165, 1.54) is 0 Å². The highest BCUT2D eigenvalue weighted by molar-refractivity contribution is 6.32. The van der Waals surface area contributed by atoms with Crippen LogP contribution in [0.15, 0.2) is 36.4 Å². The monoisotopic (exact) mass is 196 g/mol. The molecule has 60 valence electrons. The fourth-order valence-corrected chi connectivity index (χ4v) is 1.55. The zero-order valence-electron chi connectivity index (χ0n) is 6.22. The Morgan fingerprint density at radius 1 is 0.667 bits per heavy atom. The van der Waals surface area contributed by atoms with Crippen LogP contribution in [0.2, 0.25) is 10.0 Å². The molecule has 2 aromatic rings. The van der Waals surface area contributed by atoms with Crippen LogP contribution in [0.25, 0.3) is 10.8 Å². The van der Waals surface area contributed by atoms with Crippen molar-refractivity contribution in [1.82, 2.24) is 0 Å². The van der Waals surface area contributed by atoms with E-state index in [0.717, 1.165) is 20.8 Å². The molecule has 0 amide bonds. The molecule has 0 fully saturated rings. The molecule has 0 atom stereocenters. The molecule has 0 N–H and O–H groups in total. The van der Waals surface area contributed by atoms with Crippen molar-refractivity contribution in [3.05, 3.63) is 46.4 Å². The normalized spacial score (nSPS) is 10.5. The first kappa shape index (κ1) is 7.90. The molecule has 0 saturated heterocycles. The minimum absolute atomic E-state index is 0.754. The van der Waals surface area contributed by atoms with Crippen LogP contribution in [-0.4, -0.2) is 0 Å². The molecule has 0 bridgehead atoms. The largest absolute Gasteiger partial charge is 0.0843 e. The third-order valence-corrected chi connectivity index (χ3v) is 2.23. The Morgan fingerprint density at radius 3 is 1.50 bits per heavy atom. The summed E-state index contributed by atoms with van der Waals surface area (Å²) in [6.45, 7) is 0. The second-order valence-electron chi connectivity index (χ2n) is 2.64. The van der Waals surface area contributed by atoms with Crippen molar-refractivity contribution in [1.29, 1.82) is 0 Å². The van der Waals surface area contributed by atoms with Crippen LogP contribution >= 0.6 is 23.2 Å². The maximum absolute atomic E-state index is 5.83. The summed E-state index contributed by atoms with van der Waals surface area (Å²) in [4.78, 5) is 0. The summed E-state index contributed by atoms with van der Waals surface area (Å²) in [6.07, 6.45) is 0. The highest BCUT2D eigenvalue weighted by Gasteiger charge is 1.94. The minimum Gasteiger partial charge on any atom is -0.0843 e. The average Bonchev–Trinajstić information content (AvgIpc) is 2.05. The van der Waals surface area contributed by atoms with Gasteiger partial charge in [0, 0.05) is 10.0 Å². The van der Waals surface area contributed by atoms with Gasteiger partial charge in [-0.3, -0.25) is 0 Å². The zero-order valence-corrected chi connectivity index (χ0v) is 7.73. The maximum atomic E-state index is 5.83. The summed E-state index contributed by atoms with van der Waals surface area (Å²) in [6, 6.07) is 11.5. The summed E-state index contributed by atoms with van der Waals surface area (Å²) < 4.78 is 0. The summed E-state index contributed by atoms with van der Waals surface area (Å²) in [5, 5.41) is 3.74. The van der Waals surface area contributed by atoms with Crippen molar-refractivity contribution < 1.29 is 0 Å². The molecule has 0 aliphatic carbocycles. The Labute approximate surface area is 80.7 Å². The van der Waals surface area contributed by atoms with Gasteiger partial charge in [-0.05, 0) is 35.0 Å². The molecule has 0 heterocycles. The van der Waals surface area contributed by atoms with Crippen LogP contribution in [0.3, 0.4) is 0 Å². The van der Waals surface area contributed by atoms with E-state index in [9.17, 15) is 0 Å². The molecular formula is C10H6Cl2. The molecular weight excluding hydrogens is 191 g/mol. The van der Waals surface area contributed by atoms with Gasteiger partial charge in [-0.2, -0.15) is 0 Å². The summed E-state index contributed by atoms with van der Waals surface area (Å²) in [5.41, 5.74) is 0. The Balaban J connectivity index is 2.79. The molecule has 0 aromatic heterocycles. The number of hydrogen-bond acceptors (Lipinski definition) is 0. The predicted molar refractivity (Wildman–Crippen MR) is 54.0 cm³/mol. The molecule has 2 rings (SSSR count). The van der Waals surface area contributed by atoms with E-state index < -0.39 is 0 Å². The lowest BCUT2D eigenvalue weighted by atomic mass is 10.1. The Kier molecular flexibility index (Phi) is 1.95. The van der Waals surface area contributed by atoms with Crippen LogP contribution in [0, 0.1) is 0 Å². The molecule has 0 aliphatic rings. The Bertz CT molecular complexity index is 380. The highest BCUT2D eigenvalue weighted by Crippen LogP contribution is 2.22. The Hall–Kier alpha value is -0.720. The first-order valence-corrected chi connectivity index (χ1v) is 4.36. The number of hydrogen-bond donors (Lipinski definition) is 0. The topological polar surface area (TPSA) is 0 Å². The van der Waals surface area contributed by atoms with Gasteiger partial charge in [0.15, 0.2) is 0 Å². The van der Waals surface area contributed by atoms with E-state index in [4.69, 9.17) is 23.2 Å². The second kappa shape index (κ2) is 2.96. The van der Waals surface area contributed by atoms with Crippen molar-refractivity contribution >= 4 is 34.0 Å². The number of fused-ring (bicyclic) bond motifs is 1. The van der Waals surface area contributed by atoms with Crippen molar-refractivity contribution in [3.8, 4) is 0 Å². The smallest absolute Gasteiger partial charge is 0.0412 e. The zero-order chi connectivity index (χ0) is 8.55. The van der Waals surface area contributed by atoms with Crippen LogP contribution in [0.4, 0.5) is 0 Å². The van der Waals surface area contributed by atoms with E-state index in [0.29, 0.717) is 0 Å². The lowest BCUT2D eigenvalue weighted by Gasteiger charge is -1.97. The van der Waals surface area contributed by atoms with Gasteiger partial charge >= 0.3 is 0 Å². The van der Waals surface area contributed by atoms with Crippen LogP contribution in [0.5, 0.6) is 0 Å². The van der Waals surface area contributed by atoms with Gasteiger partial charge in [0.05, 0.1) is 0 Å². The number of halogens is 2. The van der Waals surface area contributed by atoms with E-state index in [1.54, 1.807) is 0 Å². The first-order valence-electron chi connectivity index (χ1n) is 3.60. The lowest BCUT2D eigenvalue weighted by molar-refractivity contribution is 1.74. The van der Waals surface area contributed by atoms with Gasteiger partial charge in [0.2, 0.25) is 0 Å². The maximum Gasteiger partial charge on any atom is 0.0412 e. The SMILES string of the molecule is Clc1ccc2cc(Cl)ccc2c1. The fourth-order valence-electron chi connectivity index (χ4n) is 1.19. The average molecular weight is 197 g/mol. The third kappa shape index (κ3) is 1.40. The standard InChI is InChI=1S/C10H6Cl2/c11-9-3-1-7-5-10(12)4-2-8(7)6-9/h1-6H. The van der Waals surface area contributed by atoms with E-state index in [1.807, 2.05) is 36.4 Å². The van der Waals surface area contributed by atoms with E-state index in [-0.39, 0.29) is 0 Å². The number of benzene rings is 2. The molecule has 0 spiro atoms. The van der Waals surface area contributed by atoms with Crippen LogP contribution < -0.4 is 0 Å². The lowest BCUT2D eigenvalue weighted by Crippen LogP contribution is -1.71. The molecule has 0 aliphatic heterocycles. The van der Waals surface area contributed by atoms with Crippen LogP contribution in [-0.2, 0) is 0 Å². The van der Waals surface area contributed by atoms with Gasteiger partial charge in [0.25, 0.3) is 0 Å². The minimum atomic E-state index is 0.754. The van der Waals surface area contributed by atoms with E-state index >= 15 is 0 Å². The third-order valence-electron chi connectivity index (χ3n) is 1.76. The summed E-state index contributed by atoms with van der Waals surface area (Å²) in [5.74, 6) is 0. The predicted octanol–water partition coefficient (Wildman–Crippen LogP) is 4.15.